The third-order valence-electron chi connectivity index (χ3n) is 5.19. The number of nitrogens with zero attached hydrogens (tertiary/aromatic N) is 1. The average molecular weight is 520 g/mol. The number of carboxylic acid groups (broad SMARTS) is 1. The molecule has 0 saturated heterocycles. The van der Waals surface area contributed by atoms with E-state index in [1.54, 1.807) is 57.2 Å². The van der Waals surface area contributed by atoms with Crippen LogP contribution >= 0.6 is 12.4 Å². The number of nitrogen functional groups attached to an aromatic ring is 1. The summed E-state index contributed by atoms with van der Waals surface area (Å²) in [4.78, 5) is 29.0. The van der Waals surface area contributed by atoms with E-state index >= 15 is 0 Å². The fourth-order valence-corrected chi connectivity index (χ4v) is 3.57. The zero-order valence-electron chi connectivity index (χ0n) is 20.5. The number of carbonyl (C=O) groups excluding carboxylic acids is 1. The van der Waals surface area contributed by atoms with E-state index in [-0.39, 0.29) is 49.4 Å². The van der Waals surface area contributed by atoms with Crippen molar-refractivity contribution in [1.82, 2.24) is 10.3 Å². The number of aromatic carboxylic acids is 1. The molecule has 0 aliphatic heterocycles. The molecule has 0 radical (unpaired) electrons. The standard InChI is InChI=1S/C25H29N3O7.ClH/c1-14-20(24(31)32)22(26)21-18(27-14)6-5-7-19(21)35-13-25(2,3)28-23(30)15-10-16(33-4)12-17(11-15)34-9-8-29;/h5-7,10-12,29H,8-9,13H2,1-4H3,(H2,26,27)(H,28,30)(H,31,32);1H. The maximum Gasteiger partial charge on any atom is 0.339 e. The van der Waals surface area contributed by atoms with Crippen molar-refractivity contribution < 1.29 is 34.0 Å². The molecule has 11 heteroatoms. The van der Waals surface area contributed by atoms with Gasteiger partial charge in [0.15, 0.2) is 0 Å². The summed E-state index contributed by atoms with van der Waals surface area (Å²) >= 11 is 0. The molecule has 10 nitrogen and oxygen atoms in total. The second-order valence-electron chi connectivity index (χ2n) is 8.54. The van der Waals surface area contributed by atoms with Crippen molar-refractivity contribution in [2.45, 2.75) is 26.3 Å². The number of methoxy groups -OCH3 is 1. The summed E-state index contributed by atoms with van der Waals surface area (Å²) in [6.45, 7) is 5.14. The normalized spacial score (nSPS) is 10.9. The quantitative estimate of drug-likeness (QED) is 0.316. The van der Waals surface area contributed by atoms with Crippen LogP contribution < -0.4 is 25.3 Å². The largest absolute Gasteiger partial charge is 0.497 e. The number of carbonyl (C=O) groups is 2. The summed E-state index contributed by atoms with van der Waals surface area (Å²) in [7, 11) is 1.48. The molecular formula is C25H30ClN3O7. The van der Waals surface area contributed by atoms with Gasteiger partial charge in [0.25, 0.3) is 5.91 Å². The van der Waals surface area contributed by atoms with Gasteiger partial charge >= 0.3 is 5.97 Å². The van der Waals surface area contributed by atoms with Gasteiger partial charge < -0.3 is 35.5 Å². The molecule has 1 heterocycles. The number of aryl methyl sites for hydroxylation is 1. The fourth-order valence-electron chi connectivity index (χ4n) is 3.57. The van der Waals surface area contributed by atoms with Crippen LogP contribution in [0.3, 0.4) is 0 Å². The second-order valence-corrected chi connectivity index (χ2v) is 8.54. The lowest BCUT2D eigenvalue weighted by Gasteiger charge is -2.27. The summed E-state index contributed by atoms with van der Waals surface area (Å²) in [6, 6.07) is 9.88. The minimum absolute atomic E-state index is 0. The first-order valence-electron chi connectivity index (χ1n) is 10.9. The highest BCUT2D eigenvalue weighted by atomic mass is 35.5. The number of benzene rings is 2. The number of anilines is 1. The van der Waals surface area contributed by atoms with Gasteiger partial charge in [-0.2, -0.15) is 0 Å². The smallest absolute Gasteiger partial charge is 0.339 e. The van der Waals surface area contributed by atoms with Crippen LogP contribution in [-0.2, 0) is 0 Å². The van der Waals surface area contributed by atoms with Crippen LogP contribution in [0.1, 0.15) is 40.3 Å². The number of ether oxygens (including phenoxy) is 3. The molecule has 0 aliphatic carbocycles. The number of hydrogen-bond donors (Lipinski definition) is 4. The Hall–Kier alpha value is -3.76. The fraction of sp³-hybridized carbons (Fsp3) is 0.320. The summed E-state index contributed by atoms with van der Waals surface area (Å²) in [6.07, 6.45) is 0. The Bertz CT molecular complexity index is 1260. The first-order valence-corrected chi connectivity index (χ1v) is 10.9. The topological polar surface area (TPSA) is 153 Å². The number of pyridine rings is 1. The van der Waals surface area contributed by atoms with E-state index in [9.17, 15) is 14.7 Å². The molecule has 1 amide bonds. The molecule has 0 unspecified atom stereocenters. The number of fused-ring (bicyclic) bond motifs is 1. The lowest BCUT2D eigenvalue weighted by molar-refractivity contribution is 0.0696. The van der Waals surface area contributed by atoms with Crippen LogP contribution in [0.15, 0.2) is 36.4 Å². The monoisotopic (exact) mass is 519 g/mol. The zero-order valence-corrected chi connectivity index (χ0v) is 21.3. The van der Waals surface area contributed by atoms with Crippen molar-refractivity contribution in [3.8, 4) is 17.2 Å². The summed E-state index contributed by atoms with van der Waals surface area (Å²) in [5, 5.41) is 21.8. The van der Waals surface area contributed by atoms with E-state index in [1.807, 2.05) is 0 Å². The lowest BCUT2D eigenvalue weighted by atomic mass is 10.0. The van der Waals surface area contributed by atoms with Gasteiger partial charge in [-0.3, -0.25) is 9.78 Å². The van der Waals surface area contributed by atoms with Gasteiger partial charge in [-0.15, -0.1) is 12.4 Å². The molecule has 5 N–H and O–H groups in total. The van der Waals surface area contributed by atoms with Crippen LogP contribution in [0, 0.1) is 6.92 Å². The number of hydrogen-bond acceptors (Lipinski definition) is 8. The van der Waals surface area contributed by atoms with Crippen molar-refractivity contribution in [3.05, 3.63) is 53.2 Å². The number of aliphatic hydroxyl groups excluding tert-OH is 1. The van der Waals surface area contributed by atoms with Gasteiger partial charge in [0.2, 0.25) is 0 Å². The maximum atomic E-state index is 13.0. The van der Waals surface area contributed by atoms with E-state index in [1.165, 1.54) is 7.11 Å². The third kappa shape index (κ3) is 6.46. The SMILES string of the molecule is COc1cc(OCCO)cc(C(=O)NC(C)(C)COc2cccc3nc(C)c(C(=O)O)c(N)c23)c1.Cl. The molecule has 36 heavy (non-hydrogen) atoms. The number of nitrogens with two attached hydrogens (primary N) is 1. The van der Waals surface area contributed by atoms with Crippen molar-refractivity contribution in [1.29, 1.82) is 0 Å². The van der Waals surface area contributed by atoms with Crippen molar-refractivity contribution in [2.24, 2.45) is 0 Å². The van der Waals surface area contributed by atoms with E-state index in [0.717, 1.165) is 0 Å². The minimum atomic E-state index is -1.17. The molecule has 3 rings (SSSR count). The Morgan fingerprint density at radius 1 is 1.14 bits per heavy atom. The van der Waals surface area contributed by atoms with Gasteiger partial charge in [-0.05, 0) is 45.0 Å². The maximum absolute atomic E-state index is 13.0. The van der Waals surface area contributed by atoms with E-state index < -0.39 is 11.5 Å². The number of aliphatic hydroxyl groups is 1. The molecule has 0 bridgehead atoms. The summed E-state index contributed by atoms with van der Waals surface area (Å²) < 4.78 is 16.7. The van der Waals surface area contributed by atoms with Crippen molar-refractivity contribution >= 4 is 40.9 Å². The average Bonchev–Trinajstić information content (AvgIpc) is 2.80. The molecule has 1 aromatic heterocycles. The highest BCUT2D eigenvalue weighted by Gasteiger charge is 2.25. The molecule has 0 fully saturated rings. The van der Waals surface area contributed by atoms with Crippen LogP contribution in [-0.4, -0.2) is 59.5 Å². The van der Waals surface area contributed by atoms with Crippen LogP contribution in [0.4, 0.5) is 5.69 Å². The zero-order chi connectivity index (χ0) is 25.8. The second kappa shape index (κ2) is 11.8. The Balaban J connectivity index is 0.00000456. The van der Waals surface area contributed by atoms with Crippen LogP contribution in [0.25, 0.3) is 10.9 Å². The molecule has 0 aliphatic rings. The predicted octanol–water partition coefficient (Wildman–Crippen LogP) is 3.21. The number of aromatic nitrogens is 1. The number of nitrogens with one attached hydrogen (secondary N) is 1. The van der Waals surface area contributed by atoms with Crippen molar-refractivity contribution in [2.75, 3.05) is 32.7 Å². The van der Waals surface area contributed by atoms with E-state index in [2.05, 4.69) is 10.3 Å². The predicted molar refractivity (Wildman–Crippen MR) is 138 cm³/mol. The molecule has 2 aromatic carbocycles. The summed E-state index contributed by atoms with van der Waals surface area (Å²) in [5.41, 5.74) is 6.50. The van der Waals surface area contributed by atoms with Gasteiger partial charge in [0, 0.05) is 11.6 Å². The number of amides is 1. The molecular weight excluding hydrogens is 490 g/mol. The van der Waals surface area contributed by atoms with Gasteiger partial charge in [0.1, 0.15) is 36.0 Å². The summed E-state index contributed by atoms with van der Waals surface area (Å²) in [5.74, 6) is -0.367. The molecule has 3 aromatic rings. The van der Waals surface area contributed by atoms with Gasteiger partial charge in [-0.25, -0.2) is 4.79 Å². The number of halogens is 1. The molecule has 0 spiro atoms. The number of carboxylic acids is 1. The number of rotatable bonds is 10. The third-order valence-corrected chi connectivity index (χ3v) is 5.19. The van der Waals surface area contributed by atoms with Gasteiger partial charge in [-0.1, -0.05) is 6.07 Å². The molecule has 0 saturated carbocycles. The molecule has 194 valence electrons. The van der Waals surface area contributed by atoms with Crippen LogP contribution in [0.5, 0.6) is 17.2 Å². The first-order chi connectivity index (χ1) is 16.6. The van der Waals surface area contributed by atoms with Crippen LogP contribution in [0.2, 0.25) is 0 Å². The van der Waals surface area contributed by atoms with Gasteiger partial charge in [0.05, 0.1) is 41.5 Å². The minimum Gasteiger partial charge on any atom is -0.497 e. The molecule has 0 atom stereocenters. The Morgan fingerprint density at radius 2 is 1.83 bits per heavy atom. The highest BCUT2D eigenvalue weighted by molar-refractivity contribution is 6.06. The Morgan fingerprint density at radius 3 is 2.47 bits per heavy atom. The lowest BCUT2D eigenvalue weighted by Crippen LogP contribution is -2.47. The first kappa shape index (κ1) is 28.5. The highest BCUT2D eigenvalue weighted by Crippen LogP contribution is 2.34. The van der Waals surface area contributed by atoms with Crippen molar-refractivity contribution in [3.63, 3.8) is 0 Å². The van der Waals surface area contributed by atoms with E-state index in [4.69, 9.17) is 25.1 Å². The Labute approximate surface area is 214 Å². The Kier molecular flexibility index (Phi) is 9.32. The van der Waals surface area contributed by atoms with E-state index in [0.29, 0.717) is 39.4 Å².